The quantitative estimate of drug-likeness (QED) is 0.583. The van der Waals surface area contributed by atoms with Gasteiger partial charge in [-0.1, -0.05) is 60.7 Å². The molecular formula is C26H30BNO2. The number of fused-ring (bicyclic) bond motifs is 2. The summed E-state index contributed by atoms with van der Waals surface area (Å²) in [4.78, 5) is 2.41. The molecule has 3 aromatic rings. The molecule has 0 saturated carbocycles. The third kappa shape index (κ3) is 3.28. The molecule has 4 heteroatoms. The zero-order valence-electron chi connectivity index (χ0n) is 18.6. The molecule has 30 heavy (non-hydrogen) atoms. The lowest BCUT2D eigenvalue weighted by atomic mass is 9.75. The average Bonchev–Trinajstić information content (AvgIpc) is 2.93. The minimum atomic E-state index is -0.321. The minimum absolute atomic E-state index is 0.313. The van der Waals surface area contributed by atoms with Gasteiger partial charge in [-0.15, -0.1) is 0 Å². The smallest absolute Gasteiger partial charge is 0.399 e. The second kappa shape index (κ2) is 6.95. The first-order chi connectivity index (χ1) is 14.2. The minimum Gasteiger partial charge on any atom is -0.399 e. The number of hydrogen-bond donors (Lipinski definition) is 0. The standard InChI is InChI=1S/C26H30BNO2/c1-25(2)26(3,4)30-27(29-25)22-12-13-23-21(15-22)16-28(5)17-24(23)20-11-10-18-8-6-7-9-19(18)14-20/h6-15,24H,16-17H2,1-5H3/t24-/m0/s1. The molecule has 0 unspecified atom stereocenters. The van der Waals surface area contributed by atoms with E-state index in [2.05, 4.69) is 100 Å². The molecule has 0 aromatic heterocycles. The van der Waals surface area contributed by atoms with Gasteiger partial charge in [0, 0.05) is 19.0 Å². The predicted molar refractivity (Wildman–Crippen MR) is 124 cm³/mol. The van der Waals surface area contributed by atoms with Crippen molar-refractivity contribution in [2.45, 2.75) is 51.4 Å². The number of rotatable bonds is 2. The molecule has 1 atom stereocenters. The summed E-state index contributed by atoms with van der Waals surface area (Å²) in [5.41, 5.74) is 4.64. The summed E-state index contributed by atoms with van der Waals surface area (Å²) in [6.07, 6.45) is 0. The van der Waals surface area contributed by atoms with Crippen LogP contribution in [0.4, 0.5) is 0 Å². The van der Waals surface area contributed by atoms with Gasteiger partial charge in [0.15, 0.2) is 0 Å². The van der Waals surface area contributed by atoms with E-state index in [1.54, 1.807) is 0 Å². The van der Waals surface area contributed by atoms with Crippen molar-refractivity contribution in [1.29, 1.82) is 0 Å². The summed E-state index contributed by atoms with van der Waals surface area (Å²) >= 11 is 0. The number of benzene rings is 3. The molecule has 0 spiro atoms. The van der Waals surface area contributed by atoms with Crippen molar-refractivity contribution in [3.05, 3.63) is 77.4 Å². The highest BCUT2D eigenvalue weighted by Gasteiger charge is 2.51. The van der Waals surface area contributed by atoms with Gasteiger partial charge in [0.1, 0.15) is 0 Å². The fourth-order valence-corrected chi connectivity index (χ4v) is 4.70. The number of nitrogens with zero attached hydrogens (tertiary/aromatic N) is 1. The fourth-order valence-electron chi connectivity index (χ4n) is 4.70. The number of likely N-dealkylation sites (N-methyl/N-ethyl adjacent to an activating group) is 1. The normalized spacial score (nSPS) is 23.0. The van der Waals surface area contributed by atoms with Crippen LogP contribution < -0.4 is 5.46 Å². The SMILES string of the molecule is CN1Cc2cc(B3OC(C)(C)C(C)(C)O3)ccc2[C@H](c2ccc3ccccc3c2)C1. The van der Waals surface area contributed by atoms with E-state index < -0.39 is 0 Å². The Morgan fingerprint density at radius 3 is 2.30 bits per heavy atom. The lowest BCUT2D eigenvalue weighted by molar-refractivity contribution is 0.00578. The first kappa shape index (κ1) is 19.8. The highest BCUT2D eigenvalue weighted by atomic mass is 16.7. The molecule has 0 amide bonds. The van der Waals surface area contributed by atoms with Crippen LogP contribution in [0.15, 0.2) is 60.7 Å². The van der Waals surface area contributed by atoms with Gasteiger partial charge in [0.25, 0.3) is 0 Å². The topological polar surface area (TPSA) is 21.7 Å². The van der Waals surface area contributed by atoms with Crippen LogP contribution in [-0.4, -0.2) is 36.8 Å². The Morgan fingerprint density at radius 2 is 1.57 bits per heavy atom. The van der Waals surface area contributed by atoms with Crippen molar-refractivity contribution in [1.82, 2.24) is 4.90 Å². The van der Waals surface area contributed by atoms with Gasteiger partial charge < -0.3 is 14.2 Å². The van der Waals surface area contributed by atoms with Gasteiger partial charge >= 0.3 is 7.12 Å². The van der Waals surface area contributed by atoms with Crippen LogP contribution in [0.2, 0.25) is 0 Å². The summed E-state index contributed by atoms with van der Waals surface area (Å²) < 4.78 is 12.6. The van der Waals surface area contributed by atoms with E-state index in [4.69, 9.17) is 9.31 Å². The first-order valence-electron chi connectivity index (χ1n) is 10.9. The molecule has 0 N–H and O–H groups in total. The zero-order valence-corrected chi connectivity index (χ0v) is 18.6. The summed E-state index contributed by atoms with van der Waals surface area (Å²) in [5.74, 6) is 0.371. The first-order valence-corrected chi connectivity index (χ1v) is 10.9. The molecule has 1 fully saturated rings. The van der Waals surface area contributed by atoms with E-state index in [0.717, 1.165) is 18.6 Å². The van der Waals surface area contributed by atoms with Crippen molar-refractivity contribution in [2.24, 2.45) is 0 Å². The van der Waals surface area contributed by atoms with Gasteiger partial charge in [-0.3, -0.25) is 0 Å². The molecule has 2 aliphatic rings. The summed E-state index contributed by atoms with van der Waals surface area (Å²) in [7, 11) is 1.89. The maximum Gasteiger partial charge on any atom is 0.494 e. The second-order valence-corrected chi connectivity index (χ2v) is 9.90. The van der Waals surface area contributed by atoms with Gasteiger partial charge in [0.2, 0.25) is 0 Å². The highest BCUT2D eigenvalue weighted by molar-refractivity contribution is 6.62. The van der Waals surface area contributed by atoms with Crippen LogP contribution in [0.3, 0.4) is 0 Å². The molecular weight excluding hydrogens is 369 g/mol. The number of hydrogen-bond acceptors (Lipinski definition) is 3. The summed E-state index contributed by atoms with van der Waals surface area (Å²) in [6.45, 7) is 10.4. The van der Waals surface area contributed by atoms with Crippen LogP contribution >= 0.6 is 0 Å². The van der Waals surface area contributed by atoms with Crippen molar-refractivity contribution in [3.8, 4) is 0 Å². The van der Waals surface area contributed by atoms with E-state index in [0.29, 0.717) is 5.92 Å². The second-order valence-electron chi connectivity index (χ2n) is 9.90. The van der Waals surface area contributed by atoms with Gasteiger partial charge in [-0.05, 0) is 67.7 Å². The zero-order chi connectivity index (χ0) is 21.1. The Bertz CT molecular complexity index is 1090. The van der Waals surface area contributed by atoms with Gasteiger partial charge in [-0.2, -0.15) is 0 Å². The van der Waals surface area contributed by atoms with Crippen LogP contribution in [-0.2, 0) is 15.9 Å². The van der Waals surface area contributed by atoms with Crippen molar-refractivity contribution < 1.29 is 9.31 Å². The molecule has 0 radical (unpaired) electrons. The lowest BCUT2D eigenvalue weighted by Crippen LogP contribution is -2.41. The third-order valence-electron chi connectivity index (χ3n) is 7.18. The Labute approximate surface area is 180 Å². The van der Waals surface area contributed by atoms with E-state index in [9.17, 15) is 0 Å². The van der Waals surface area contributed by atoms with E-state index in [-0.39, 0.29) is 18.3 Å². The molecule has 154 valence electrons. The average molecular weight is 399 g/mol. The van der Waals surface area contributed by atoms with E-state index >= 15 is 0 Å². The van der Waals surface area contributed by atoms with Crippen LogP contribution in [0.1, 0.15) is 50.3 Å². The Balaban J connectivity index is 1.51. The molecule has 2 aliphatic heterocycles. The Hall–Kier alpha value is -2.14. The maximum absolute atomic E-state index is 6.29. The lowest BCUT2D eigenvalue weighted by Gasteiger charge is -2.33. The Kier molecular flexibility index (Phi) is 4.59. The third-order valence-corrected chi connectivity index (χ3v) is 7.18. The molecule has 0 bridgehead atoms. The van der Waals surface area contributed by atoms with Crippen LogP contribution in [0.25, 0.3) is 10.8 Å². The van der Waals surface area contributed by atoms with E-state index in [1.165, 1.54) is 27.5 Å². The molecule has 5 rings (SSSR count). The monoisotopic (exact) mass is 399 g/mol. The molecule has 2 heterocycles. The Morgan fingerprint density at radius 1 is 0.867 bits per heavy atom. The van der Waals surface area contributed by atoms with Crippen molar-refractivity contribution in [3.63, 3.8) is 0 Å². The summed E-state index contributed by atoms with van der Waals surface area (Å²) in [5, 5.41) is 2.60. The van der Waals surface area contributed by atoms with Gasteiger partial charge in [0.05, 0.1) is 11.2 Å². The van der Waals surface area contributed by atoms with Crippen LogP contribution in [0, 0.1) is 0 Å². The largest absolute Gasteiger partial charge is 0.494 e. The maximum atomic E-state index is 6.29. The van der Waals surface area contributed by atoms with E-state index in [1.807, 2.05) is 0 Å². The van der Waals surface area contributed by atoms with Crippen molar-refractivity contribution in [2.75, 3.05) is 13.6 Å². The highest BCUT2D eigenvalue weighted by Crippen LogP contribution is 2.38. The van der Waals surface area contributed by atoms with Crippen molar-refractivity contribution >= 4 is 23.4 Å². The fraction of sp³-hybridized carbons (Fsp3) is 0.385. The molecule has 1 saturated heterocycles. The predicted octanol–water partition coefficient (Wildman–Crippen LogP) is 4.72. The molecule has 3 aromatic carbocycles. The molecule has 3 nitrogen and oxygen atoms in total. The molecule has 0 aliphatic carbocycles. The van der Waals surface area contributed by atoms with Crippen LogP contribution in [0.5, 0.6) is 0 Å². The van der Waals surface area contributed by atoms with Gasteiger partial charge in [-0.25, -0.2) is 0 Å². The summed E-state index contributed by atoms with van der Waals surface area (Å²) in [6, 6.07) is 22.3.